The van der Waals surface area contributed by atoms with Gasteiger partial charge in [0.15, 0.2) is 5.56 Å². The van der Waals surface area contributed by atoms with E-state index >= 15 is 0 Å². The first kappa shape index (κ1) is 21.5. The van der Waals surface area contributed by atoms with Crippen LogP contribution in [0, 0.1) is 40.4 Å². The van der Waals surface area contributed by atoms with Crippen LogP contribution in [-0.2, 0) is 14.3 Å². The third-order valence-electron chi connectivity index (χ3n) is 9.63. The van der Waals surface area contributed by atoms with Gasteiger partial charge in [0.1, 0.15) is 11.9 Å². The molecule has 0 aliphatic heterocycles. The van der Waals surface area contributed by atoms with E-state index in [1.165, 1.54) is 32.1 Å². The van der Waals surface area contributed by atoms with Crippen LogP contribution < -0.4 is 0 Å². The molecule has 29 heavy (non-hydrogen) atoms. The van der Waals surface area contributed by atoms with Crippen LogP contribution in [-0.4, -0.2) is 23.6 Å². The van der Waals surface area contributed by atoms with Crippen molar-refractivity contribution in [2.75, 3.05) is 0 Å². The SMILES string of the molecule is CC(=O)C1CC[C@H]2[C@@H]3CC[C@H]4C[C@@H](OC(=O)OC(C)Cl)CC[C@]4(C)[C@H]3CC[C@]12C. The van der Waals surface area contributed by atoms with Crippen molar-refractivity contribution in [1.82, 2.24) is 0 Å². The number of alkyl halides is 1. The molecule has 0 saturated heterocycles. The standard InChI is InChI=1S/C24H37ClO4/c1-14(26)19-7-8-20-18-6-5-16-13-17(29-22(27)28-15(2)25)9-11-23(16,3)21(18)10-12-24(19,20)4/h15-21H,5-13H2,1-4H3/t15?,16-,17-,18-,19?,20-,21-,23-,24+/m0/s1. The second kappa shape index (κ2) is 7.73. The molecule has 4 aliphatic rings. The van der Waals surface area contributed by atoms with Crippen molar-refractivity contribution in [1.29, 1.82) is 0 Å². The van der Waals surface area contributed by atoms with Crippen LogP contribution in [0.3, 0.4) is 0 Å². The molecule has 0 bridgehead atoms. The number of rotatable bonds is 3. The zero-order chi connectivity index (χ0) is 21.0. The monoisotopic (exact) mass is 424 g/mol. The van der Waals surface area contributed by atoms with E-state index in [1.54, 1.807) is 13.8 Å². The lowest BCUT2D eigenvalue weighted by Crippen LogP contribution is -2.54. The predicted molar refractivity (Wildman–Crippen MR) is 113 cm³/mol. The molecule has 5 heteroatoms. The topological polar surface area (TPSA) is 52.6 Å². The molecular formula is C24H37ClO4. The fourth-order valence-corrected chi connectivity index (χ4v) is 8.36. The van der Waals surface area contributed by atoms with Gasteiger partial charge in [-0.15, -0.1) is 0 Å². The van der Waals surface area contributed by atoms with E-state index in [2.05, 4.69) is 13.8 Å². The van der Waals surface area contributed by atoms with E-state index in [4.69, 9.17) is 21.1 Å². The predicted octanol–water partition coefficient (Wildman–Crippen LogP) is 6.34. The minimum absolute atomic E-state index is 0.0463. The van der Waals surface area contributed by atoms with Gasteiger partial charge in [0, 0.05) is 5.92 Å². The summed E-state index contributed by atoms with van der Waals surface area (Å²) in [6, 6.07) is 0. The molecule has 4 aliphatic carbocycles. The van der Waals surface area contributed by atoms with Crippen LogP contribution in [0.2, 0.25) is 0 Å². The van der Waals surface area contributed by atoms with Crippen LogP contribution in [0.1, 0.15) is 85.5 Å². The molecule has 0 aromatic heterocycles. The molecule has 0 spiro atoms. The molecule has 4 saturated carbocycles. The summed E-state index contributed by atoms with van der Waals surface area (Å²) < 4.78 is 10.5. The molecule has 0 heterocycles. The number of halogens is 1. The number of hydrogen-bond donors (Lipinski definition) is 0. The third-order valence-corrected chi connectivity index (χ3v) is 9.72. The molecule has 4 nitrogen and oxygen atoms in total. The van der Waals surface area contributed by atoms with E-state index in [0.29, 0.717) is 23.0 Å². The van der Waals surface area contributed by atoms with E-state index < -0.39 is 11.7 Å². The second-order valence-corrected chi connectivity index (χ2v) is 11.5. The van der Waals surface area contributed by atoms with Crippen LogP contribution in [0.4, 0.5) is 4.79 Å². The smallest absolute Gasteiger partial charge is 0.431 e. The molecule has 0 aromatic rings. The molecule has 2 unspecified atom stereocenters. The maximum Gasteiger partial charge on any atom is 0.510 e. The number of hydrogen-bond acceptors (Lipinski definition) is 4. The Kier molecular flexibility index (Phi) is 5.72. The largest absolute Gasteiger partial charge is 0.510 e. The minimum atomic E-state index is -0.659. The lowest BCUT2D eigenvalue weighted by atomic mass is 9.44. The molecule has 0 aromatic carbocycles. The van der Waals surface area contributed by atoms with E-state index in [1.807, 2.05) is 0 Å². The number of Topliss-reactive ketones (excluding diaryl/α,β-unsaturated/α-hetero) is 1. The van der Waals surface area contributed by atoms with E-state index in [9.17, 15) is 9.59 Å². The normalized spacial score (nSPS) is 47.3. The van der Waals surface area contributed by atoms with Gasteiger partial charge >= 0.3 is 6.16 Å². The molecule has 9 atom stereocenters. The van der Waals surface area contributed by atoms with Crippen molar-refractivity contribution in [3.05, 3.63) is 0 Å². The summed E-state index contributed by atoms with van der Waals surface area (Å²) >= 11 is 5.74. The Morgan fingerprint density at radius 3 is 2.34 bits per heavy atom. The third kappa shape index (κ3) is 3.62. The van der Waals surface area contributed by atoms with Crippen molar-refractivity contribution in [2.24, 2.45) is 40.4 Å². The summed E-state index contributed by atoms with van der Waals surface area (Å²) in [5.41, 5.74) is -0.103. The maximum absolute atomic E-state index is 12.3. The first-order chi connectivity index (χ1) is 13.6. The van der Waals surface area contributed by atoms with Gasteiger partial charge in [-0.3, -0.25) is 4.79 Å². The van der Waals surface area contributed by atoms with Crippen molar-refractivity contribution < 1.29 is 19.1 Å². The van der Waals surface area contributed by atoms with Gasteiger partial charge in [-0.1, -0.05) is 25.4 Å². The van der Waals surface area contributed by atoms with Crippen molar-refractivity contribution >= 4 is 23.5 Å². The Hall–Kier alpha value is -0.770. The van der Waals surface area contributed by atoms with Gasteiger partial charge in [-0.25, -0.2) is 4.79 Å². The average Bonchev–Trinajstić information content (AvgIpc) is 2.98. The Balaban J connectivity index is 1.45. The summed E-state index contributed by atoms with van der Waals surface area (Å²) in [4.78, 5) is 24.2. The van der Waals surface area contributed by atoms with Crippen LogP contribution in [0.25, 0.3) is 0 Å². The summed E-state index contributed by atoms with van der Waals surface area (Å²) in [6.45, 7) is 8.35. The zero-order valence-corrected chi connectivity index (χ0v) is 19.2. The Morgan fingerprint density at radius 2 is 1.66 bits per heavy atom. The highest BCUT2D eigenvalue weighted by Crippen LogP contribution is 2.67. The van der Waals surface area contributed by atoms with Crippen molar-refractivity contribution in [3.63, 3.8) is 0 Å². The molecule has 164 valence electrons. The minimum Gasteiger partial charge on any atom is -0.431 e. The summed E-state index contributed by atoms with van der Waals surface area (Å²) in [5.74, 6) is 3.52. The number of fused-ring (bicyclic) bond motifs is 5. The maximum atomic E-state index is 12.3. The molecule has 0 radical (unpaired) electrons. The lowest BCUT2D eigenvalue weighted by molar-refractivity contribution is -0.140. The van der Waals surface area contributed by atoms with Gasteiger partial charge in [-0.05, 0) is 106 Å². The fourth-order valence-electron chi connectivity index (χ4n) is 8.29. The molecule has 4 fully saturated rings. The number of ketones is 1. The highest BCUT2D eigenvalue weighted by Gasteiger charge is 2.60. The van der Waals surface area contributed by atoms with Crippen molar-refractivity contribution in [2.45, 2.75) is 97.1 Å². The van der Waals surface area contributed by atoms with E-state index in [-0.39, 0.29) is 17.4 Å². The second-order valence-electron chi connectivity index (χ2n) is 10.9. The first-order valence-electron chi connectivity index (χ1n) is 11.7. The zero-order valence-electron chi connectivity index (χ0n) is 18.4. The summed E-state index contributed by atoms with van der Waals surface area (Å²) in [5, 5.41) is 0. The molecule has 0 N–H and O–H groups in total. The number of carbonyl (C=O) groups excluding carboxylic acids is 2. The number of carbonyl (C=O) groups is 2. The first-order valence-corrected chi connectivity index (χ1v) is 12.1. The highest BCUT2D eigenvalue weighted by molar-refractivity contribution is 6.19. The van der Waals surface area contributed by atoms with Gasteiger partial charge < -0.3 is 9.47 Å². The van der Waals surface area contributed by atoms with Gasteiger partial charge in [0.05, 0.1) is 0 Å². The molecule has 4 rings (SSSR count). The molecule has 0 amide bonds. The van der Waals surface area contributed by atoms with E-state index in [0.717, 1.165) is 37.5 Å². The summed E-state index contributed by atoms with van der Waals surface area (Å²) in [6.07, 6.45) is 9.57. The quantitative estimate of drug-likeness (QED) is 0.391. The average molecular weight is 425 g/mol. The van der Waals surface area contributed by atoms with Gasteiger partial charge in [0.25, 0.3) is 0 Å². The Morgan fingerprint density at radius 1 is 0.966 bits per heavy atom. The van der Waals surface area contributed by atoms with Gasteiger partial charge in [-0.2, -0.15) is 0 Å². The molecular weight excluding hydrogens is 388 g/mol. The van der Waals surface area contributed by atoms with Gasteiger partial charge in [0.2, 0.25) is 0 Å². The fraction of sp³-hybridized carbons (Fsp3) is 0.917. The number of ether oxygens (including phenoxy) is 2. The van der Waals surface area contributed by atoms with Crippen LogP contribution in [0.5, 0.6) is 0 Å². The Labute approximate surface area is 180 Å². The summed E-state index contributed by atoms with van der Waals surface area (Å²) in [7, 11) is 0. The Bertz CT molecular complexity index is 663. The van der Waals surface area contributed by atoms with Crippen LogP contribution >= 0.6 is 11.6 Å². The van der Waals surface area contributed by atoms with Crippen LogP contribution in [0.15, 0.2) is 0 Å². The highest BCUT2D eigenvalue weighted by atomic mass is 35.5. The van der Waals surface area contributed by atoms with Crippen molar-refractivity contribution in [3.8, 4) is 0 Å². The lowest BCUT2D eigenvalue weighted by Gasteiger charge is -2.61.